The van der Waals surface area contributed by atoms with Gasteiger partial charge in [0, 0.05) is 11.3 Å². The maximum atomic E-state index is 5.78. The Bertz CT molecular complexity index is 87.3. The van der Waals surface area contributed by atoms with E-state index in [1.54, 1.807) is 0 Å². The molecule has 0 amide bonds. The Morgan fingerprint density at radius 2 is 1.90 bits per heavy atom. The lowest BCUT2D eigenvalue weighted by Gasteiger charge is -2.24. The van der Waals surface area contributed by atoms with Gasteiger partial charge in [0.1, 0.15) is 0 Å². The summed E-state index contributed by atoms with van der Waals surface area (Å²) in [5.74, 6) is 1.26. The molecule has 1 saturated carbocycles. The first-order chi connectivity index (χ1) is 4.83. The van der Waals surface area contributed by atoms with Gasteiger partial charge in [-0.25, -0.2) is 0 Å². The van der Waals surface area contributed by atoms with E-state index in [2.05, 4.69) is 18.7 Å². The molecule has 0 radical (unpaired) electrons. The van der Waals surface area contributed by atoms with Crippen molar-refractivity contribution in [1.29, 1.82) is 0 Å². The molecule has 1 fully saturated rings. The Labute approximate surface area is 67.8 Å². The van der Waals surface area contributed by atoms with Gasteiger partial charge in [0.05, 0.1) is 0 Å². The molecule has 0 aliphatic heterocycles. The Kier molecular flexibility index (Phi) is 3.57. The first kappa shape index (κ1) is 8.41. The molecule has 0 aromatic heterocycles. The third kappa shape index (κ3) is 2.51. The quantitative estimate of drug-likeness (QED) is 0.667. The number of hydrogen-bond donors (Lipinski definition) is 1. The van der Waals surface area contributed by atoms with E-state index in [4.69, 9.17) is 5.73 Å². The van der Waals surface area contributed by atoms with Crippen LogP contribution in [0.15, 0.2) is 0 Å². The summed E-state index contributed by atoms with van der Waals surface area (Å²) >= 11 is 2.10. The largest absolute Gasteiger partial charge is 0.328 e. The van der Waals surface area contributed by atoms with E-state index < -0.39 is 0 Å². The van der Waals surface area contributed by atoms with E-state index in [1.807, 2.05) is 0 Å². The molecule has 2 N–H and O–H groups in total. The van der Waals surface area contributed by atoms with Gasteiger partial charge in [-0.1, -0.05) is 6.92 Å². The van der Waals surface area contributed by atoms with Crippen LogP contribution in [-0.4, -0.2) is 17.0 Å². The molecule has 0 heterocycles. The summed E-state index contributed by atoms with van der Waals surface area (Å²) in [6, 6.07) is 0.508. The Balaban J connectivity index is 2.13. The van der Waals surface area contributed by atoms with Gasteiger partial charge in [0.15, 0.2) is 0 Å². The fourth-order valence-corrected chi connectivity index (χ4v) is 2.57. The summed E-state index contributed by atoms with van der Waals surface area (Å²) in [5, 5.41) is 0.921. The summed E-state index contributed by atoms with van der Waals surface area (Å²) in [4.78, 5) is 0. The second-order valence-electron chi connectivity index (χ2n) is 2.99. The van der Waals surface area contributed by atoms with Crippen molar-refractivity contribution in [2.24, 2.45) is 5.73 Å². The summed E-state index contributed by atoms with van der Waals surface area (Å²) in [7, 11) is 0. The summed E-state index contributed by atoms with van der Waals surface area (Å²) < 4.78 is 0. The monoisotopic (exact) mass is 159 g/mol. The van der Waals surface area contributed by atoms with E-state index >= 15 is 0 Å². The minimum Gasteiger partial charge on any atom is -0.328 e. The number of thioether (sulfide) groups is 1. The van der Waals surface area contributed by atoms with Crippen LogP contribution in [-0.2, 0) is 0 Å². The van der Waals surface area contributed by atoms with Gasteiger partial charge in [0.2, 0.25) is 0 Å². The van der Waals surface area contributed by atoms with E-state index in [1.165, 1.54) is 31.4 Å². The Morgan fingerprint density at radius 3 is 2.40 bits per heavy atom. The fourth-order valence-electron chi connectivity index (χ4n) is 1.49. The van der Waals surface area contributed by atoms with Crippen LogP contribution in [0.25, 0.3) is 0 Å². The van der Waals surface area contributed by atoms with Crippen LogP contribution in [0, 0.1) is 0 Å². The van der Waals surface area contributed by atoms with Crippen molar-refractivity contribution in [3.8, 4) is 0 Å². The van der Waals surface area contributed by atoms with Gasteiger partial charge in [-0.2, -0.15) is 11.8 Å². The third-order valence-electron chi connectivity index (χ3n) is 2.12. The molecule has 2 heteroatoms. The predicted octanol–water partition coefficient (Wildman–Crippen LogP) is 2.01. The lowest BCUT2D eigenvalue weighted by Crippen LogP contribution is -2.27. The van der Waals surface area contributed by atoms with E-state index in [-0.39, 0.29) is 0 Å². The van der Waals surface area contributed by atoms with Crippen LogP contribution in [0.4, 0.5) is 0 Å². The van der Waals surface area contributed by atoms with Gasteiger partial charge in [-0.15, -0.1) is 0 Å². The molecule has 0 unspecified atom stereocenters. The average Bonchev–Trinajstić information content (AvgIpc) is 1.95. The number of hydrogen-bond acceptors (Lipinski definition) is 2. The summed E-state index contributed by atoms with van der Waals surface area (Å²) in [6.07, 6.45) is 5.19. The smallest absolute Gasteiger partial charge is 0.00481 e. The van der Waals surface area contributed by atoms with Crippen molar-refractivity contribution in [1.82, 2.24) is 0 Å². The van der Waals surface area contributed by atoms with Crippen molar-refractivity contribution < 1.29 is 0 Å². The molecule has 0 spiro atoms. The first-order valence-corrected chi connectivity index (χ1v) is 5.25. The van der Waals surface area contributed by atoms with Crippen molar-refractivity contribution in [2.45, 2.75) is 43.9 Å². The maximum absolute atomic E-state index is 5.78. The Hall–Kier alpha value is 0.310. The topological polar surface area (TPSA) is 26.0 Å². The normalized spacial score (nSPS) is 34.2. The van der Waals surface area contributed by atoms with Crippen LogP contribution in [0.5, 0.6) is 0 Å². The van der Waals surface area contributed by atoms with E-state index in [9.17, 15) is 0 Å². The molecule has 1 rings (SSSR count). The number of nitrogens with two attached hydrogens (primary N) is 1. The zero-order chi connectivity index (χ0) is 7.40. The van der Waals surface area contributed by atoms with Gasteiger partial charge in [-0.05, 0) is 31.4 Å². The zero-order valence-electron chi connectivity index (χ0n) is 6.68. The zero-order valence-corrected chi connectivity index (χ0v) is 7.49. The van der Waals surface area contributed by atoms with Gasteiger partial charge < -0.3 is 5.73 Å². The van der Waals surface area contributed by atoms with Crippen LogP contribution in [0.1, 0.15) is 32.6 Å². The predicted molar refractivity (Wildman–Crippen MR) is 48.4 cm³/mol. The molecule has 1 aliphatic rings. The molecule has 0 saturated heterocycles. The molecule has 0 bridgehead atoms. The average molecular weight is 159 g/mol. The molecule has 1 aliphatic carbocycles. The summed E-state index contributed by atoms with van der Waals surface area (Å²) in [5.41, 5.74) is 5.78. The van der Waals surface area contributed by atoms with E-state index in [0.717, 1.165) is 5.25 Å². The minimum absolute atomic E-state index is 0.508. The molecule has 10 heavy (non-hydrogen) atoms. The lowest BCUT2D eigenvalue weighted by atomic mass is 9.96. The van der Waals surface area contributed by atoms with Crippen LogP contribution < -0.4 is 5.73 Å². The Morgan fingerprint density at radius 1 is 1.30 bits per heavy atom. The minimum atomic E-state index is 0.508. The second kappa shape index (κ2) is 4.24. The van der Waals surface area contributed by atoms with E-state index in [0.29, 0.717) is 6.04 Å². The highest BCUT2D eigenvalue weighted by atomic mass is 32.2. The SMILES string of the molecule is CCSC1CCC(N)CC1. The molecule has 60 valence electrons. The molecular formula is C8H17NS. The molecule has 0 aromatic rings. The van der Waals surface area contributed by atoms with Crippen LogP contribution >= 0.6 is 11.8 Å². The highest BCUT2D eigenvalue weighted by Crippen LogP contribution is 2.27. The fraction of sp³-hybridized carbons (Fsp3) is 1.00. The van der Waals surface area contributed by atoms with Crippen LogP contribution in [0.2, 0.25) is 0 Å². The molecule has 1 nitrogen and oxygen atoms in total. The standard InChI is InChI=1S/C8H17NS/c1-2-10-8-5-3-7(9)4-6-8/h7-8H,2-6,9H2,1H3. The van der Waals surface area contributed by atoms with Crippen molar-refractivity contribution in [3.05, 3.63) is 0 Å². The highest BCUT2D eigenvalue weighted by molar-refractivity contribution is 7.99. The third-order valence-corrected chi connectivity index (χ3v) is 3.40. The molecule has 0 aromatic carbocycles. The van der Waals surface area contributed by atoms with Crippen molar-refractivity contribution in [3.63, 3.8) is 0 Å². The first-order valence-electron chi connectivity index (χ1n) is 4.20. The van der Waals surface area contributed by atoms with Crippen molar-refractivity contribution in [2.75, 3.05) is 5.75 Å². The lowest BCUT2D eigenvalue weighted by molar-refractivity contribution is 0.451. The molecule has 0 atom stereocenters. The summed E-state index contributed by atoms with van der Waals surface area (Å²) in [6.45, 7) is 2.24. The van der Waals surface area contributed by atoms with Gasteiger partial charge in [0.25, 0.3) is 0 Å². The highest BCUT2D eigenvalue weighted by Gasteiger charge is 2.17. The number of rotatable bonds is 2. The van der Waals surface area contributed by atoms with Gasteiger partial charge in [-0.3, -0.25) is 0 Å². The second-order valence-corrected chi connectivity index (χ2v) is 4.57. The maximum Gasteiger partial charge on any atom is 0.00481 e. The van der Waals surface area contributed by atoms with Crippen LogP contribution in [0.3, 0.4) is 0 Å². The molecular weight excluding hydrogens is 142 g/mol. The van der Waals surface area contributed by atoms with Gasteiger partial charge >= 0.3 is 0 Å². The van der Waals surface area contributed by atoms with Crippen molar-refractivity contribution >= 4 is 11.8 Å².